The summed E-state index contributed by atoms with van der Waals surface area (Å²) in [6.07, 6.45) is 1.75. The Morgan fingerprint density at radius 3 is 2.31 bits per heavy atom. The molecule has 0 aliphatic heterocycles. The molecule has 0 spiro atoms. The molecule has 0 aliphatic carbocycles. The molecule has 0 unspecified atom stereocenters. The Morgan fingerprint density at radius 2 is 1.65 bits per heavy atom. The summed E-state index contributed by atoms with van der Waals surface area (Å²) in [5.74, 6) is 1.50. The van der Waals surface area contributed by atoms with E-state index in [1.165, 1.54) is 4.68 Å². The van der Waals surface area contributed by atoms with Crippen LogP contribution in [0, 0.1) is 0 Å². The Morgan fingerprint density at radius 1 is 0.962 bits per heavy atom. The van der Waals surface area contributed by atoms with Crippen LogP contribution in [-0.2, 0) is 6.54 Å². The molecule has 0 saturated heterocycles. The fourth-order valence-corrected chi connectivity index (χ4v) is 3.35. The van der Waals surface area contributed by atoms with Gasteiger partial charge in [0.25, 0.3) is 5.56 Å². The summed E-state index contributed by atoms with van der Waals surface area (Å²) >= 11 is 0. The third-order valence-corrected chi connectivity index (χ3v) is 4.64. The number of ether oxygens (including phenoxy) is 2. The number of rotatable bonds is 4. The molecular weight excluding hydrogens is 330 g/mol. The van der Waals surface area contributed by atoms with Crippen molar-refractivity contribution in [2.24, 2.45) is 0 Å². The first kappa shape index (κ1) is 16.2. The molecule has 0 atom stereocenters. The Labute approximate surface area is 150 Å². The van der Waals surface area contributed by atoms with E-state index >= 15 is 0 Å². The quantitative estimate of drug-likeness (QED) is 0.567. The van der Waals surface area contributed by atoms with E-state index in [2.05, 4.69) is 5.10 Å². The molecule has 26 heavy (non-hydrogen) atoms. The van der Waals surface area contributed by atoms with Gasteiger partial charge in [-0.3, -0.25) is 4.79 Å². The van der Waals surface area contributed by atoms with Gasteiger partial charge in [0.1, 0.15) is 17.0 Å². The molecule has 6 heteroatoms. The van der Waals surface area contributed by atoms with Crippen LogP contribution in [0.25, 0.3) is 27.5 Å². The van der Waals surface area contributed by atoms with E-state index in [4.69, 9.17) is 9.47 Å². The van der Waals surface area contributed by atoms with Gasteiger partial charge < -0.3 is 14.0 Å². The highest BCUT2D eigenvalue weighted by atomic mass is 16.5. The van der Waals surface area contributed by atoms with Gasteiger partial charge >= 0.3 is 0 Å². The summed E-state index contributed by atoms with van der Waals surface area (Å²) in [4.78, 5) is 13.2. The molecule has 2 aromatic heterocycles. The van der Waals surface area contributed by atoms with Crippen LogP contribution in [0.1, 0.15) is 6.92 Å². The van der Waals surface area contributed by atoms with Crippen molar-refractivity contribution in [1.29, 1.82) is 0 Å². The van der Waals surface area contributed by atoms with Crippen molar-refractivity contribution in [2.45, 2.75) is 13.5 Å². The monoisotopic (exact) mass is 349 g/mol. The summed E-state index contributed by atoms with van der Waals surface area (Å²) in [5.41, 5.74) is 2.16. The fourth-order valence-electron chi connectivity index (χ4n) is 3.35. The lowest BCUT2D eigenvalue weighted by molar-refractivity contribution is 0.414. The van der Waals surface area contributed by atoms with Gasteiger partial charge in [0.05, 0.1) is 31.6 Å². The zero-order valence-electron chi connectivity index (χ0n) is 14.9. The second-order valence-corrected chi connectivity index (χ2v) is 5.95. The molecule has 0 bridgehead atoms. The maximum atomic E-state index is 13.2. The molecule has 0 N–H and O–H groups in total. The fraction of sp³-hybridized carbons (Fsp3) is 0.200. The van der Waals surface area contributed by atoms with Gasteiger partial charge in [-0.05, 0) is 43.3 Å². The van der Waals surface area contributed by atoms with E-state index in [1.54, 1.807) is 20.4 Å². The van der Waals surface area contributed by atoms with Crippen molar-refractivity contribution >= 4 is 21.8 Å². The van der Waals surface area contributed by atoms with Crippen LogP contribution in [0.15, 0.2) is 53.5 Å². The molecule has 2 heterocycles. The predicted molar refractivity (Wildman–Crippen MR) is 102 cm³/mol. The normalized spacial score (nSPS) is 11.2. The lowest BCUT2D eigenvalue weighted by Crippen LogP contribution is -2.22. The number of hydrogen-bond acceptors (Lipinski definition) is 4. The summed E-state index contributed by atoms with van der Waals surface area (Å²) in [7, 11) is 3.25. The number of nitrogens with zero attached hydrogens (tertiary/aromatic N) is 3. The standard InChI is InChI=1S/C20H19N3O3/c1-4-22-18-11-15(26-3)9-10-16(18)17-12-21-23(20(24)19(17)22)13-5-7-14(25-2)8-6-13/h5-12H,4H2,1-3H3. The molecule has 0 amide bonds. The second kappa shape index (κ2) is 6.22. The van der Waals surface area contributed by atoms with Crippen LogP contribution in [0.3, 0.4) is 0 Å². The topological polar surface area (TPSA) is 58.3 Å². The largest absolute Gasteiger partial charge is 0.497 e. The lowest BCUT2D eigenvalue weighted by Gasteiger charge is -2.07. The minimum absolute atomic E-state index is 0.148. The van der Waals surface area contributed by atoms with Crippen LogP contribution in [0.2, 0.25) is 0 Å². The van der Waals surface area contributed by atoms with Gasteiger partial charge in [0.15, 0.2) is 0 Å². The number of benzene rings is 2. The van der Waals surface area contributed by atoms with Crippen LogP contribution < -0.4 is 15.0 Å². The summed E-state index contributed by atoms with van der Waals surface area (Å²) in [6.45, 7) is 2.70. The van der Waals surface area contributed by atoms with E-state index in [9.17, 15) is 4.79 Å². The minimum Gasteiger partial charge on any atom is -0.497 e. The smallest absolute Gasteiger partial charge is 0.296 e. The third-order valence-electron chi connectivity index (χ3n) is 4.64. The molecule has 6 nitrogen and oxygen atoms in total. The number of methoxy groups -OCH3 is 2. The first-order valence-corrected chi connectivity index (χ1v) is 8.40. The average Bonchev–Trinajstić information content (AvgIpc) is 3.02. The van der Waals surface area contributed by atoms with Gasteiger partial charge in [-0.25, -0.2) is 0 Å². The molecule has 0 aliphatic rings. The maximum Gasteiger partial charge on any atom is 0.296 e. The molecule has 4 rings (SSSR count). The molecule has 0 saturated carbocycles. The van der Waals surface area contributed by atoms with Crippen molar-refractivity contribution in [3.63, 3.8) is 0 Å². The highest BCUT2D eigenvalue weighted by Gasteiger charge is 2.16. The first-order chi connectivity index (χ1) is 12.7. The van der Waals surface area contributed by atoms with Crippen molar-refractivity contribution < 1.29 is 9.47 Å². The summed E-state index contributed by atoms with van der Waals surface area (Å²) in [6, 6.07) is 13.1. The van der Waals surface area contributed by atoms with Crippen molar-refractivity contribution in [3.05, 3.63) is 59.0 Å². The van der Waals surface area contributed by atoms with Gasteiger partial charge in [0.2, 0.25) is 0 Å². The first-order valence-electron chi connectivity index (χ1n) is 8.40. The van der Waals surface area contributed by atoms with E-state index in [0.717, 1.165) is 27.8 Å². The number of fused-ring (bicyclic) bond motifs is 3. The molecule has 132 valence electrons. The van der Waals surface area contributed by atoms with E-state index in [-0.39, 0.29) is 5.56 Å². The zero-order valence-corrected chi connectivity index (χ0v) is 14.9. The average molecular weight is 349 g/mol. The van der Waals surface area contributed by atoms with Crippen molar-refractivity contribution in [2.75, 3.05) is 14.2 Å². The Bertz CT molecular complexity index is 1160. The van der Waals surface area contributed by atoms with Crippen LogP contribution in [-0.4, -0.2) is 28.6 Å². The maximum absolute atomic E-state index is 13.2. The van der Waals surface area contributed by atoms with Gasteiger partial charge in [-0.1, -0.05) is 0 Å². The minimum atomic E-state index is -0.148. The van der Waals surface area contributed by atoms with Crippen LogP contribution in [0.5, 0.6) is 11.5 Å². The number of hydrogen-bond donors (Lipinski definition) is 0. The molecule has 0 radical (unpaired) electrons. The van der Waals surface area contributed by atoms with Crippen molar-refractivity contribution in [3.8, 4) is 17.2 Å². The number of aromatic nitrogens is 3. The number of aryl methyl sites for hydroxylation is 1. The van der Waals surface area contributed by atoms with Gasteiger partial charge in [0, 0.05) is 23.4 Å². The second-order valence-electron chi connectivity index (χ2n) is 5.95. The lowest BCUT2D eigenvalue weighted by atomic mass is 10.2. The highest BCUT2D eigenvalue weighted by molar-refractivity contribution is 6.07. The van der Waals surface area contributed by atoms with Gasteiger partial charge in [-0.15, -0.1) is 0 Å². The highest BCUT2D eigenvalue weighted by Crippen LogP contribution is 2.29. The molecule has 4 aromatic rings. The summed E-state index contributed by atoms with van der Waals surface area (Å²) < 4.78 is 14.0. The van der Waals surface area contributed by atoms with E-state index < -0.39 is 0 Å². The van der Waals surface area contributed by atoms with Crippen LogP contribution in [0.4, 0.5) is 0 Å². The third kappa shape index (κ3) is 2.34. The summed E-state index contributed by atoms with van der Waals surface area (Å²) in [5, 5.41) is 6.23. The molecular formula is C20H19N3O3. The molecule has 0 fully saturated rings. The van der Waals surface area contributed by atoms with Crippen molar-refractivity contribution in [1.82, 2.24) is 14.3 Å². The SMILES string of the molecule is CCn1c2cc(OC)ccc2c2cnn(-c3ccc(OC)cc3)c(=O)c21. The van der Waals surface area contributed by atoms with E-state index in [1.807, 2.05) is 54.0 Å². The molecule has 2 aromatic carbocycles. The zero-order chi connectivity index (χ0) is 18.3. The predicted octanol–water partition coefficient (Wildman–Crippen LogP) is 3.38. The van der Waals surface area contributed by atoms with E-state index in [0.29, 0.717) is 17.7 Å². The Hall–Kier alpha value is -3.28. The van der Waals surface area contributed by atoms with Crippen LogP contribution >= 0.6 is 0 Å². The van der Waals surface area contributed by atoms with Gasteiger partial charge in [-0.2, -0.15) is 9.78 Å². The Kier molecular flexibility index (Phi) is 3.88. The Balaban J connectivity index is 2.02.